The number of fused-ring (bicyclic) bond motifs is 2. The molecule has 3 heterocycles. The number of hydrogen-bond donors (Lipinski definition) is 4. The molecule has 164 valence electrons. The maximum atomic E-state index is 10.4. The van der Waals surface area contributed by atoms with E-state index in [1.807, 2.05) is 12.1 Å². The van der Waals surface area contributed by atoms with Crippen LogP contribution in [0.3, 0.4) is 0 Å². The smallest absolute Gasteiger partial charge is 0.167 e. The van der Waals surface area contributed by atoms with Crippen LogP contribution in [0.4, 0.5) is 5.82 Å². The predicted molar refractivity (Wildman–Crippen MR) is 111 cm³/mol. The van der Waals surface area contributed by atoms with Crippen molar-refractivity contribution < 1.29 is 24.8 Å². The average molecular weight is 427 g/mol. The van der Waals surface area contributed by atoms with Crippen LogP contribution >= 0.6 is 0 Å². The Labute approximate surface area is 178 Å². The summed E-state index contributed by atoms with van der Waals surface area (Å²) in [5, 5.41) is 33.5. The summed E-state index contributed by atoms with van der Waals surface area (Å²) in [6.45, 7) is -0.320. The molecular formula is C21H25N5O5. The molecule has 1 aliphatic heterocycles. The van der Waals surface area contributed by atoms with Gasteiger partial charge in [-0.15, -0.1) is 0 Å². The molecule has 1 fully saturated rings. The highest BCUT2D eigenvalue weighted by Crippen LogP contribution is 2.38. The van der Waals surface area contributed by atoms with Gasteiger partial charge in [-0.25, -0.2) is 15.0 Å². The van der Waals surface area contributed by atoms with E-state index in [-0.39, 0.29) is 12.6 Å². The van der Waals surface area contributed by atoms with Crippen LogP contribution in [0.15, 0.2) is 30.9 Å². The van der Waals surface area contributed by atoms with Crippen LogP contribution in [-0.2, 0) is 15.9 Å². The molecule has 1 aliphatic carbocycles. The summed E-state index contributed by atoms with van der Waals surface area (Å²) < 4.78 is 12.9. The van der Waals surface area contributed by atoms with Gasteiger partial charge in [0.15, 0.2) is 23.2 Å². The number of aliphatic hydroxyl groups excluding tert-OH is 2. The molecule has 0 bridgehead atoms. The van der Waals surface area contributed by atoms with Gasteiger partial charge in [-0.3, -0.25) is 4.57 Å². The van der Waals surface area contributed by atoms with Crippen molar-refractivity contribution in [1.29, 1.82) is 0 Å². The Morgan fingerprint density at radius 3 is 2.97 bits per heavy atom. The van der Waals surface area contributed by atoms with E-state index in [9.17, 15) is 15.3 Å². The first-order chi connectivity index (χ1) is 15.1. The SMILES string of the molecule is CO[C@@H]1[C@H](O)[C@@H](CO)O[C@H]1n1cnc2c(NC3CCCc4c(O)cccc43)ncnc21. The third-order valence-electron chi connectivity index (χ3n) is 6.19. The van der Waals surface area contributed by atoms with E-state index in [1.165, 1.54) is 13.4 Å². The van der Waals surface area contributed by atoms with E-state index in [2.05, 4.69) is 20.3 Å². The Balaban J connectivity index is 1.48. The van der Waals surface area contributed by atoms with E-state index in [1.54, 1.807) is 17.0 Å². The molecule has 5 rings (SSSR count). The number of imidazole rings is 1. The fraction of sp³-hybridized carbons (Fsp3) is 0.476. The van der Waals surface area contributed by atoms with E-state index in [4.69, 9.17) is 9.47 Å². The zero-order valence-electron chi connectivity index (χ0n) is 17.0. The maximum Gasteiger partial charge on any atom is 0.167 e. The van der Waals surface area contributed by atoms with Crippen molar-refractivity contribution in [3.05, 3.63) is 42.0 Å². The van der Waals surface area contributed by atoms with Crippen LogP contribution in [0.2, 0.25) is 0 Å². The first kappa shape index (κ1) is 20.1. The largest absolute Gasteiger partial charge is 0.508 e. The Kier molecular flexibility index (Phi) is 5.22. The number of nitrogens with one attached hydrogen (secondary N) is 1. The summed E-state index contributed by atoms with van der Waals surface area (Å²) >= 11 is 0. The van der Waals surface area contributed by atoms with E-state index >= 15 is 0 Å². The van der Waals surface area contributed by atoms with Gasteiger partial charge in [0.1, 0.15) is 30.4 Å². The van der Waals surface area contributed by atoms with Crippen molar-refractivity contribution in [3.63, 3.8) is 0 Å². The Hall–Kier alpha value is -2.79. The van der Waals surface area contributed by atoms with Gasteiger partial charge in [0, 0.05) is 7.11 Å². The molecule has 10 heteroatoms. The molecule has 10 nitrogen and oxygen atoms in total. The van der Waals surface area contributed by atoms with Gasteiger partial charge in [0.2, 0.25) is 0 Å². The van der Waals surface area contributed by atoms with Gasteiger partial charge in [0.05, 0.1) is 19.0 Å². The molecule has 1 unspecified atom stereocenters. The lowest BCUT2D eigenvalue weighted by atomic mass is 9.87. The first-order valence-corrected chi connectivity index (χ1v) is 10.3. The van der Waals surface area contributed by atoms with Crippen LogP contribution in [0.1, 0.15) is 36.2 Å². The second-order valence-corrected chi connectivity index (χ2v) is 7.92. The molecule has 3 aromatic rings. The van der Waals surface area contributed by atoms with E-state index in [0.29, 0.717) is 22.7 Å². The summed E-state index contributed by atoms with van der Waals surface area (Å²) in [4.78, 5) is 13.3. The fourth-order valence-corrected chi connectivity index (χ4v) is 4.64. The zero-order valence-corrected chi connectivity index (χ0v) is 17.0. The number of aromatic hydroxyl groups is 1. The summed E-state index contributed by atoms with van der Waals surface area (Å²) in [5.74, 6) is 0.901. The third kappa shape index (κ3) is 3.32. The third-order valence-corrected chi connectivity index (χ3v) is 6.19. The Morgan fingerprint density at radius 2 is 2.16 bits per heavy atom. The summed E-state index contributed by atoms with van der Waals surface area (Å²) in [7, 11) is 1.49. The maximum absolute atomic E-state index is 10.4. The number of phenolic OH excluding ortho intramolecular Hbond substituents is 1. The van der Waals surface area contributed by atoms with Crippen LogP contribution < -0.4 is 5.32 Å². The minimum atomic E-state index is -0.969. The molecule has 0 saturated carbocycles. The zero-order chi connectivity index (χ0) is 21.5. The van der Waals surface area contributed by atoms with Crippen LogP contribution in [-0.4, -0.2) is 66.9 Å². The van der Waals surface area contributed by atoms with Gasteiger partial charge < -0.3 is 30.1 Å². The molecule has 4 N–H and O–H groups in total. The minimum Gasteiger partial charge on any atom is -0.508 e. The van der Waals surface area contributed by atoms with Crippen molar-refractivity contribution >= 4 is 17.0 Å². The quantitative estimate of drug-likeness (QED) is 0.475. The average Bonchev–Trinajstić information content (AvgIpc) is 3.35. The molecule has 0 amide bonds. The Bertz CT molecular complexity index is 1090. The normalized spacial score (nSPS) is 28.0. The standard InChI is InChI=1S/C21H25N5O5/c1-30-18-17(29)15(8-27)31-21(18)26-10-24-16-19(22-9-23-20(16)26)25-13-6-2-5-12-11(13)4-3-7-14(12)28/h3-4,7,9-10,13,15,17-18,21,27-29H,2,5-6,8H2,1H3,(H,22,23,25)/t13?,15-,17-,18-,21-/m1/s1. The van der Waals surface area contributed by atoms with Crippen molar-refractivity contribution in [2.45, 2.75) is 49.8 Å². The highest BCUT2D eigenvalue weighted by Gasteiger charge is 2.45. The summed E-state index contributed by atoms with van der Waals surface area (Å²) in [6, 6.07) is 5.58. The highest BCUT2D eigenvalue weighted by atomic mass is 16.6. The van der Waals surface area contributed by atoms with Gasteiger partial charge in [-0.05, 0) is 36.5 Å². The highest BCUT2D eigenvalue weighted by molar-refractivity contribution is 5.83. The fourth-order valence-electron chi connectivity index (χ4n) is 4.64. The lowest BCUT2D eigenvalue weighted by Crippen LogP contribution is -2.34. The number of benzene rings is 1. The van der Waals surface area contributed by atoms with Crippen LogP contribution in [0.5, 0.6) is 5.75 Å². The molecule has 2 aromatic heterocycles. The van der Waals surface area contributed by atoms with Crippen molar-refractivity contribution in [2.24, 2.45) is 0 Å². The summed E-state index contributed by atoms with van der Waals surface area (Å²) in [6.07, 6.45) is 2.66. The van der Waals surface area contributed by atoms with Gasteiger partial charge in [0.25, 0.3) is 0 Å². The molecule has 31 heavy (non-hydrogen) atoms. The topological polar surface area (TPSA) is 135 Å². The number of anilines is 1. The van der Waals surface area contributed by atoms with Crippen LogP contribution in [0, 0.1) is 0 Å². The second kappa shape index (κ2) is 8.04. The Morgan fingerprint density at radius 1 is 1.29 bits per heavy atom. The van der Waals surface area contributed by atoms with Crippen molar-refractivity contribution in [1.82, 2.24) is 19.5 Å². The van der Waals surface area contributed by atoms with Gasteiger partial charge in [-0.2, -0.15) is 0 Å². The number of rotatable bonds is 5. The van der Waals surface area contributed by atoms with Crippen molar-refractivity contribution in [2.75, 3.05) is 19.0 Å². The monoisotopic (exact) mass is 427 g/mol. The minimum absolute atomic E-state index is 0.00542. The molecular weight excluding hydrogens is 402 g/mol. The number of hydrogen-bond acceptors (Lipinski definition) is 9. The lowest BCUT2D eigenvalue weighted by Gasteiger charge is -2.27. The predicted octanol–water partition coefficient (Wildman–Crippen LogP) is 1.29. The lowest BCUT2D eigenvalue weighted by molar-refractivity contribution is -0.0583. The first-order valence-electron chi connectivity index (χ1n) is 10.3. The molecule has 2 aliphatic rings. The van der Waals surface area contributed by atoms with E-state index < -0.39 is 24.5 Å². The van der Waals surface area contributed by atoms with Gasteiger partial charge in [-0.1, -0.05) is 12.1 Å². The number of aromatic nitrogens is 4. The molecule has 1 saturated heterocycles. The number of phenols is 1. The van der Waals surface area contributed by atoms with E-state index in [0.717, 1.165) is 30.4 Å². The number of methoxy groups -OCH3 is 1. The number of nitrogens with zero attached hydrogens (tertiary/aromatic N) is 4. The van der Waals surface area contributed by atoms with Gasteiger partial charge >= 0.3 is 0 Å². The van der Waals surface area contributed by atoms with Crippen LogP contribution in [0.25, 0.3) is 11.2 Å². The second-order valence-electron chi connectivity index (χ2n) is 7.92. The van der Waals surface area contributed by atoms with Crippen molar-refractivity contribution in [3.8, 4) is 5.75 Å². The molecule has 5 atom stereocenters. The molecule has 1 aromatic carbocycles. The molecule has 0 radical (unpaired) electrons. The molecule has 0 spiro atoms. The summed E-state index contributed by atoms with van der Waals surface area (Å²) in [5.41, 5.74) is 3.12. The number of aliphatic hydroxyl groups is 2. The number of ether oxygens (including phenoxy) is 2.